The lowest BCUT2D eigenvalue weighted by Crippen LogP contribution is -2.22. The first-order valence-electron chi connectivity index (χ1n) is 5.07. The second kappa shape index (κ2) is 5.51. The normalized spacial score (nSPS) is 12.2. The largest absolute Gasteiger partial charge is 0.550 e. The molecule has 1 N–H and O–H groups in total. The standard InChI is InChI=1S/C12H16O4/c1-8-7-9(3-5-11(8)16-2)10(13)4-6-12(14)15/h3,5,7,10,13H,4,6H2,1-2H3,(H,14,15)/p-1/t10-/m1/s1. The van der Waals surface area contributed by atoms with Gasteiger partial charge in [0.25, 0.3) is 0 Å². The van der Waals surface area contributed by atoms with Crippen LogP contribution in [-0.2, 0) is 4.79 Å². The Morgan fingerprint density at radius 1 is 1.56 bits per heavy atom. The molecule has 0 aromatic heterocycles. The van der Waals surface area contributed by atoms with E-state index >= 15 is 0 Å². The molecule has 1 rings (SSSR count). The molecule has 0 spiro atoms. The number of aryl methyl sites for hydroxylation is 1. The van der Waals surface area contributed by atoms with Crippen molar-refractivity contribution >= 4 is 5.97 Å². The molecule has 88 valence electrons. The Morgan fingerprint density at radius 2 is 2.25 bits per heavy atom. The van der Waals surface area contributed by atoms with E-state index in [2.05, 4.69) is 0 Å². The number of hydrogen-bond donors (Lipinski definition) is 1. The number of aliphatic carboxylic acids is 1. The lowest BCUT2D eigenvalue weighted by atomic mass is 10.0. The van der Waals surface area contributed by atoms with Crippen LogP contribution in [0.2, 0.25) is 0 Å². The number of aliphatic hydroxyl groups excluding tert-OH is 1. The zero-order chi connectivity index (χ0) is 12.1. The number of rotatable bonds is 5. The van der Waals surface area contributed by atoms with Crippen molar-refractivity contribution in [1.29, 1.82) is 0 Å². The van der Waals surface area contributed by atoms with E-state index in [1.54, 1.807) is 25.3 Å². The molecule has 0 bridgehead atoms. The number of carbonyl (C=O) groups is 1. The minimum atomic E-state index is -1.15. The van der Waals surface area contributed by atoms with Gasteiger partial charge in [0.15, 0.2) is 0 Å². The maximum atomic E-state index is 10.3. The summed E-state index contributed by atoms with van der Waals surface area (Å²) in [6.07, 6.45) is -0.761. The molecule has 0 unspecified atom stereocenters. The zero-order valence-corrected chi connectivity index (χ0v) is 9.40. The molecular weight excluding hydrogens is 208 g/mol. The maximum absolute atomic E-state index is 10.3. The number of methoxy groups -OCH3 is 1. The van der Waals surface area contributed by atoms with Gasteiger partial charge in [0.05, 0.1) is 13.2 Å². The van der Waals surface area contributed by atoms with Crippen molar-refractivity contribution in [3.05, 3.63) is 29.3 Å². The second-order valence-electron chi connectivity index (χ2n) is 3.66. The van der Waals surface area contributed by atoms with Crippen molar-refractivity contribution in [3.63, 3.8) is 0 Å². The number of benzene rings is 1. The van der Waals surface area contributed by atoms with Crippen LogP contribution in [0.5, 0.6) is 5.75 Å². The fraction of sp³-hybridized carbons (Fsp3) is 0.417. The molecule has 0 saturated carbocycles. The predicted molar refractivity (Wildman–Crippen MR) is 56.9 cm³/mol. The Hall–Kier alpha value is -1.55. The van der Waals surface area contributed by atoms with E-state index < -0.39 is 12.1 Å². The first-order valence-corrected chi connectivity index (χ1v) is 5.07. The van der Waals surface area contributed by atoms with E-state index in [1.165, 1.54) is 0 Å². The number of aliphatic hydroxyl groups is 1. The highest BCUT2D eigenvalue weighted by Gasteiger charge is 2.09. The maximum Gasteiger partial charge on any atom is 0.121 e. The smallest absolute Gasteiger partial charge is 0.121 e. The lowest BCUT2D eigenvalue weighted by molar-refractivity contribution is -0.306. The monoisotopic (exact) mass is 223 g/mol. The SMILES string of the molecule is COc1ccc([C@H](O)CCC(=O)[O-])cc1C. The average molecular weight is 223 g/mol. The third-order valence-electron chi connectivity index (χ3n) is 2.43. The summed E-state index contributed by atoms with van der Waals surface area (Å²) in [7, 11) is 1.58. The third-order valence-corrected chi connectivity index (χ3v) is 2.43. The molecule has 4 nitrogen and oxygen atoms in total. The Morgan fingerprint density at radius 3 is 2.75 bits per heavy atom. The van der Waals surface area contributed by atoms with Crippen molar-refractivity contribution < 1.29 is 19.7 Å². The molecule has 0 amide bonds. The first kappa shape index (κ1) is 12.5. The minimum absolute atomic E-state index is 0.147. The molecule has 4 heteroatoms. The van der Waals surface area contributed by atoms with Crippen LogP contribution in [0, 0.1) is 6.92 Å². The average Bonchev–Trinajstić information content (AvgIpc) is 2.25. The number of ether oxygens (including phenoxy) is 1. The molecule has 0 radical (unpaired) electrons. The number of carboxylic acid groups (broad SMARTS) is 1. The number of hydrogen-bond acceptors (Lipinski definition) is 4. The van der Waals surface area contributed by atoms with Crippen LogP contribution in [0.3, 0.4) is 0 Å². The van der Waals surface area contributed by atoms with Crippen LogP contribution in [0.15, 0.2) is 18.2 Å². The summed E-state index contributed by atoms with van der Waals surface area (Å²) in [5.41, 5.74) is 1.60. The summed E-state index contributed by atoms with van der Waals surface area (Å²) < 4.78 is 5.09. The Balaban J connectivity index is 2.72. The number of carboxylic acids is 1. The summed E-state index contributed by atoms with van der Waals surface area (Å²) in [5, 5.41) is 20.0. The van der Waals surface area contributed by atoms with Crippen LogP contribution in [0.4, 0.5) is 0 Å². The van der Waals surface area contributed by atoms with Gasteiger partial charge in [-0.15, -0.1) is 0 Å². The summed E-state index contributed by atoms with van der Waals surface area (Å²) in [4.78, 5) is 10.3. The van der Waals surface area contributed by atoms with Crippen molar-refractivity contribution in [2.24, 2.45) is 0 Å². The van der Waals surface area contributed by atoms with Gasteiger partial charge in [-0.1, -0.05) is 6.07 Å². The van der Waals surface area contributed by atoms with Gasteiger partial charge in [-0.25, -0.2) is 0 Å². The second-order valence-corrected chi connectivity index (χ2v) is 3.66. The van der Waals surface area contributed by atoms with E-state index in [9.17, 15) is 15.0 Å². The van der Waals surface area contributed by atoms with Gasteiger partial charge in [-0.3, -0.25) is 0 Å². The molecule has 1 aromatic carbocycles. The fourth-order valence-electron chi connectivity index (χ4n) is 1.53. The van der Waals surface area contributed by atoms with Gasteiger partial charge in [0, 0.05) is 5.97 Å². The molecule has 0 aliphatic carbocycles. The van der Waals surface area contributed by atoms with Crippen LogP contribution in [0.1, 0.15) is 30.1 Å². The molecule has 16 heavy (non-hydrogen) atoms. The minimum Gasteiger partial charge on any atom is -0.550 e. The van der Waals surface area contributed by atoms with Crippen molar-refractivity contribution in [1.82, 2.24) is 0 Å². The molecule has 0 heterocycles. The van der Waals surface area contributed by atoms with E-state index in [4.69, 9.17) is 4.74 Å². The molecule has 0 fully saturated rings. The zero-order valence-electron chi connectivity index (χ0n) is 9.40. The van der Waals surface area contributed by atoms with Crippen molar-refractivity contribution in [2.45, 2.75) is 25.9 Å². The van der Waals surface area contributed by atoms with Crippen LogP contribution in [0.25, 0.3) is 0 Å². The molecular formula is C12H15O4-. The highest BCUT2D eigenvalue weighted by Crippen LogP contribution is 2.24. The Bertz CT molecular complexity index is 373. The predicted octanol–water partition coefficient (Wildman–Crippen LogP) is 0.567. The highest BCUT2D eigenvalue weighted by molar-refractivity contribution is 5.64. The summed E-state index contributed by atoms with van der Waals surface area (Å²) in [5.74, 6) is -0.403. The highest BCUT2D eigenvalue weighted by atomic mass is 16.5. The van der Waals surface area contributed by atoms with Crippen LogP contribution in [-0.4, -0.2) is 18.2 Å². The van der Waals surface area contributed by atoms with Gasteiger partial charge in [-0.05, 0) is 43.0 Å². The summed E-state index contributed by atoms with van der Waals surface area (Å²) in [6.45, 7) is 1.87. The van der Waals surface area contributed by atoms with Gasteiger partial charge in [0.2, 0.25) is 0 Å². The van der Waals surface area contributed by atoms with Gasteiger partial charge in [0.1, 0.15) is 5.75 Å². The molecule has 0 aliphatic heterocycles. The number of carbonyl (C=O) groups excluding carboxylic acids is 1. The van der Waals surface area contributed by atoms with E-state index in [-0.39, 0.29) is 12.8 Å². The van der Waals surface area contributed by atoms with E-state index in [1.807, 2.05) is 6.92 Å². The summed E-state index contributed by atoms with van der Waals surface area (Å²) >= 11 is 0. The van der Waals surface area contributed by atoms with Crippen molar-refractivity contribution in [3.8, 4) is 5.75 Å². The topological polar surface area (TPSA) is 69.6 Å². The van der Waals surface area contributed by atoms with Gasteiger partial charge < -0.3 is 19.7 Å². The third kappa shape index (κ3) is 3.24. The van der Waals surface area contributed by atoms with E-state index in [0.29, 0.717) is 5.56 Å². The van der Waals surface area contributed by atoms with Crippen molar-refractivity contribution in [2.75, 3.05) is 7.11 Å². The van der Waals surface area contributed by atoms with Crippen LogP contribution < -0.4 is 9.84 Å². The van der Waals surface area contributed by atoms with Gasteiger partial charge >= 0.3 is 0 Å². The lowest BCUT2D eigenvalue weighted by Gasteiger charge is -2.13. The molecule has 0 saturated heterocycles. The van der Waals surface area contributed by atoms with E-state index in [0.717, 1.165) is 11.3 Å². The summed E-state index contributed by atoms with van der Waals surface area (Å²) in [6, 6.07) is 5.28. The fourth-order valence-corrected chi connectivity index (χ4v) is 1.53. The Labute approximate surface area is 94.5 Å². The molecule has 1 aromatic rings. The van der Waals surface area contributed by atoms with Crippen LogP contribution >= 0.6 is 0 Å². The molecule has 0 aliphatic rings. The first-order chi connectivity index (χ1) is 7.54. The Kier molecular flexibility index (Phi) is 4.31. The van der Waals surface area contributed by atoms with Gasteiger partial charge in [-0.2, -0.15) is 0 Å². The molecule has 1 atom stereocenters. The quantitative estimate of drug-likeness (QED) is 0.792.